The molecule has 2 N–H and O–H groups in total. The number of carbonyl (C=O) groups is 2. The number of aromatic nitrogens is 2. The molecule has 0 bridgehead atoms. The Bertz CT molecular complexity index is 1040. The summed E-state index contributed by atoms with van der Waals surface area (Å²) in [5, 5.41) is 15.8. The SMILES string of the molecule is COc1ccc(C(=O)NCCN2CCN(C(=O)[O-])CC2)c2nc(-c3cccs3)[nH]c12. The number of H-pyrrole nitrogens is 1. The summed E-state index contributed by atoms with van der Waals surface area (Å²) in [6, 6.07) is 7.39. The highest BCUT2D eigenvalue weighted by atomic mass is 32.1. The van der Waals surface area contributed by atoms with Crippen LogP contribution >= 0.6 is 11.3 Å². The first-order chi connectivity index (χ1) is 14.6. The molecule has 10 heteroatoms. The average molecular weight is 428 g/mol. The normalized spacial score (nSPS) is 14.8. The molecule has 3 aromatic rings. The molecule has 0 saturated carbocycles. The maximum absolute atomic E-state index is 12.8. The predicted molar refractivity (Wildman–Crippen MR) is 112 cm³/mol. The van der Waals surface area contributed by atoms with Crippen LogP contribution < -0.4 is 15.2 Å². The van der Waals surface area contributed by atoms with Gasteiger partial charge in [-0.1, -0.05) is 6.07 Å². The van der Waals surface area contributed by atoms with E-state index in [4.69, 9.17) is 4.74 Å². The van der Waals surface area contributed by atoms with Crippen molar-refractivity contribution < 1.29 is 19.4 Å². The Labute approximate surface area is 177 Å². The van der Waals surface area contributed by atoms with Gasteiger partial charge in [-0.15, -0.1) is 11.3 Å². The van der Waals surface area contributed by atoms with Gasteiger partial charge in [0, 0.05) is 39.3 Å². The number of hydrogen-bond acceptors (Lipinski definition) is 7. The fourth-order valence-electron chi connectivity index (χ4n) is 3.53. The number of nitrogens with one attached hydrogen (secondary N) is 2. The lowest BCUT2D eigenvalue weighted by atomic mass is 10.1. The fraction of sp³-hybridized carbons (Fsp3) is 0.350. The van der Waals surface area contributed by atoms with Crippen LogP contribution in [0, 0.1) is 0 Å². The molecular weight excluding hydrogens is 406 g/mol. The van der Waals surface area contributed by atoms with E-state index in [0.717, 1.165) is 4.88 Å². The maximum Gasteiger partial charge on any atom is 0.253 e. The first-order valence-electron chi connectivity index (χ1n) is 9.64. The number of nitrogens with zero attached hydrogens (tertiary/aromatic N) is 3. The number of methoxy groups -OCH3 is 1. The molecule has 0 atom stereocenters. The molecule has 2 amide bonds. The number of ether oxygens (including phenoxy) is 1. The summed E-state index contributed by atoms with van der Waals surface area (Å²) >= 11 is 1.57. The van der Waals surface area contributed by atoms with Gasteiger partial charge in [-0.2, -0.15) is 0 Å². The molecule has 9 nitrogen and oxygen atoms in total. The second-order valence-corrected chi connectivity index (χ2v) is 7.90. The molecule has 1 aromatic carbocycles. The number of hydrogen-bond donors (Lipinski definition) is 2. The lowest BCUT2D eigenvalue weighted by molar-refractivity contribution is -0.266. The van der Waals surface area contributed by atoms with Gasteiger partial charge in [0.1, 0.15) is 28.7 Å². The van der Waals surface area contributed by atoms with Crippen molar-refractivity contribution in [2.45, 2.75) is 0 Å². The summed E-state index contributed by atoms with van der Waals surface area (Å²) in [5.74, 6) is 1.12. The second kappa shape index (κ2) is 8.72. The van der Waals surface area contributed by atoms with Gasteiger partial charge in [0.05, 0.1) is 17.6 Å². The third kappa shape index (κ3) is 4.10. The van der Waals surface area contributed by atoms with Crippen molar-refractivity contribution in [3.63, 3.8) is 0 Å². The molecule has 1 aliphatic heterocycles. The number of aromatic amines is 1. The number of amides is 2. The monoisotopic (exact) mass is 428 g/mol. The van der Waals surface area contributed by atoms with Crippen LogP contribution in [0.15, 0.2) is 29.6 Å². The molecule has 1 aliphatic rings. The zero-order valence-corrected chi connectivity index (χ0v) is 17.3. The van der Waals surface area contributed by atoms with Gasteiger partial charge in [-0.25, -0.2) is 4.98 Å². The molecule has 0 spiro atoms. The summed E-state index contributed by atoms with van der Waals surface area (Å²) in [7, 11) is 1.58. The van der Waals surface area contributed by atoms with Crippen LogP contribution in [-0.2, 0) is 0 Å². The maximum atomic E-state index is 12.8. The van der Waals surface area contributed by atoms with Crippen molar-refractivity contribution in [2.24, 2.45) is 0 Å². The van der Waals surface area contributed by atoms with E-state index in [2.05, 4.69) is 20.2 Å². The molecule has 1 saturated heterocycles. The third-order valence-corrected chi connectivity index (χ3v) is 6.05. The van der Waals surface area contributed by atoms with Crippen LogP contribution in [0.5, 0.6) is 5.75 Å². The molecule has 0 unspecified atom stereocenters. The number of carboxylic acid groups (broad SMARTS) is 1. The number of thiophene rings is 1. The molecule has 0 aliphatic carbocycles. The topological polar surface area (TPSA) is 114 Å². The van der Waals surface area contributed by atoms with Gasteiger partial charge in [0.2, 0.25) is 0 Å². The highest BCUT2D eigenvalue weighted by Crippen LogP contribution is 2.31. The summed E-state index contributed by atoms with van der Waals surface area (Å²) in [5.41, 5.74) is 1.73. The van der Waals surface area contributed by atoms with Gasteiger partial charge in [-0.05, 0) is 23.6 Å². The molecule has 2 aromatic heterocycles. The van der Waals surface area contributed by atoms with Crippen molar-refractivity contribution in [3.05, 3.63) is 35.2 Å². The van der Waals surface area contributed by atoms with Crippen LogP contribution in [0.4, 0.5) is 4.79 Å². The minimum Gasteiger partial charge on any atom is -0.530 e. The van der Waals surface area contributed by atoms with Gasteiger partial charge in [-0.3, -0.25) is 9.69 Å². The Morgan fingerprint density at radius 2 is 2.07 bits per heavy atom. The van der Waals surface area contributed by atoms with Crippen LogP contribution in [0.3, 0.4) is 0 Å². The largest absolute Gasteiger partial charge is 0.530 e. The number of piperazine rings is 1. The standard InChI is InChI=1S/C20H23N5O4S/c1-29-14-5-4-13(16-17(14)23-18(22-16)15-3-2-12-30-15)19(26)21-6-7-24-8-10-25(11-9-24)20(27)28/h2-5,12H,6-11H2,1H3,(H,21,26)(H,22,23)(H,27,28)/p-1. The molecular formula is C20H22N5O4S-. The number of imidazole rings is 1. The molecule has 0 radical (unpaired) electrons. The predicted octanol–water partition coefficient (Wildman–Crippen LogP) is 0.991. The Morgan fingerprint density at radius 3 is 2.73 bits per heavy atom. The zero-order chi connectivity index (χ0) is 21.1. The Morgan fingerprint density at radius 1 is 1.27 bits per heavy atom. The van der Waals surface area contributed by atoms with Gasteiger partial charge in [0.25, 0.3) is 5.91 Å². The van der Waals surface area contributed by atoms with E-state index in [9.17, 15) is 14.7 Å². The minimum absolute atomic E-state index is 0.208. The van der Waals surface area contributed by atoms with E-state index < -0.39 is 6.09 Å². The number of fused-ring (bicyclic) bond motifs is 1. The van der Waals surface area contributed by atoms with Crippen molar-refractivity contribution in [1.29, 1.82) is 0 Å². The summed E-state index contributed by atoms with van der Waals surface area (Å²) in [6.07, 6.45) is -1.13. The molecule has 158 valence electrons. The van der Waals surface area contributed by atoms with Crippen LogP contribution in [0.1, 0.15) is 10.4 Å². The molecule has 3 heterocycles. The highest BCUT2D eigenvalue weighted by Gasteiger charge is 2.19. The van der Waals surface area contributed by atoms with Crippen molar-refractivity contribution in [2.75, 3.05) is 46.4 Å². The lowest BCUT2D eigenvalue weighted by Gasteiger charge is -2.36. The molecule has 4 rings (SSSR count). The van der Waals surface area contributed by atoms with E-state index in [0.29, 0.717) is 67.4 Å². The van der Waals surface area contributed by atoms with E-state index in [1.165, 1.54) is 4.90 Å². The van der Waals surface area contributed by atoms with E-state index in [-0.39, 0.29) is 5.91 Å². The van der Waals surface area contributed by atoms with E-state index in [1.54, 1.807) is 30.6 Å². The van der Waals surface area contributed by atoms with Gasteiger partial charge >= 0.3 is 0 Å². The smallest absolute Gasteiger partial charge is 0.253 e. The number of rotatable bonds is 6. The Balaban J connectivity index is 1.44. The quantitative estimate of drug-likeness (QED) is 0.605. The summed E-state index contributed by atoms with van der Waals surface area (Å²) in [6.45, 7) is 3.20. The summed E-state index contributed by atoms with van der Waals surface area (Å²) in [4.78, 5) is 36.0. The first kappa shape index (κ1) is 20.2. The van der Waals surface area contributed by atoms with Gasteiger partial charge < -0.3 is 29.8 Å². The summed E-state index contributed by atoms with van der Waals surface area (Å²) < 4.78 is 5.42. The minimum atomic E-state index is -1.13. The Hall–Kier alpha value is -3.11. The van der Waals surface area contributed by atoms with Crippen molar-refractivity contribution in [1.82, 2.24) is 25.1 Å². The van der Waals surface area contributed by atoms with E-state index in [1.807, 2.05) is 17.5 Å². The fourth-order valence-corrected chi connectivity index (χ4v) is 4.20. The van der Waals surface area contributed by atoms with Crippen LogP contribution in [0.25, 0.3) is 21.7 Å². The molecule has 1 fully saturated rings. The third-order valence-electron chi connectivity index (χ3n) is 5.17. The van der Waals surface area contributed by atoms with Gasteiger partial charge in [0.15, 0.2) is 0 Å². The van der Waals surface area contributed by atoms with E-state index >= 15 is 0 Å². The zero-order valence-electron chi connectivity index (χ0n) is 16.5. The van der Waals surface area contributed by atoms with Crippen molar-refractivity contribution in [3.8, 4) is 16.5 Å². The number of benzene rings is 1. The first-order valence-corrected chi connectivity index (χ1v) is 10.5. The van der Waals surface area contributed by atoms with Crippen molar-refractivity contribution >= 4 is 34.4 Å². The van der Waals surface area contributed by atoms with Crippen LogP contribution in [0.2, 0.25) is 0 Å². The Kier molecular flexibility index (Phi) is 5.86. The van der Waals surface area contributed by atoms with Crippen LogP contribution in [-0.4, -0.2) is 78.1 Å². The highest BCUT2D eigenvalue weighted by molar-refractivity contribution is 7.13. The number of carbonyl (C=O) groups excluding carboxylic acids is 2. The lowest BCUT2D eigenvalue weighted by Crippen LogP contribution is -2.53. The molecule has 30 heavy (non-hydrogen) atoms. The average Bonchev–Trinajstić information content (AvgIpc) is 3.43. The second-order valence-electron chi connectivity index (χ2n) is 6.95.